The Labute approximate surface area is 111 Å². The van der Waals surface area contributed by atoms with Crippen molar-refractivity contribution in [3.63, 3.8) is 0 Å². The van der Waals surface area contributed by atoms with Crippen LogP contribution in [0.4, 0.5) is 0 Å². The quantitative estimate of drug-likeness (QED) is 0.426. The van der Waals surface area contributed by atoms with Crippen molar-refractivity contribution in [3.8, 4) is 0 Å². The van der Waals surface area contributed by atoms with Crippen LogP contribution in [0.5, 0.6) is 0 Å². The van der Waals surface area contributed by atoms with Gasteiger partial charge in [-0.2, -0.15) is 0 Å². The van der Waals surface area contributed by atoms with E-state index in [0.29, 0.717) is 19.3 Å². The van der Waals surface area contributed by atoms with Crippen LogP contribution in [0.3, 0.4) is 0 Å². The first-order chi connectivity index (χ1) is 8.65. The molecule has 1 heterocycles. The maximum absolute atomic E-state index is 5.84. The lowest BCUT2D eigenvalue weighted by molar-refractivity contribution is 0.0277. The summed E-state index contributed by atoms with van der Waals surface area (Å²) in [5.41, 5.74) is 0. The van der Waals surface area contributed by atoms with Gasteiger partial charge in [0, 0.05) is 26.9 Å². The topological polar surface area (TPSA) is 49.5 Å². The third-order valence-corrected chi connectivity index (χ3v) is 5.99. The van der Waals surface area contributed by atoms with E-state index in [0.717, 1.165) is 25.5 Å². The zero-order chi connectivity index (χ0) is 13.4. The van der Waals surface area contributed by atoms with E-state index in [1.807, 2.05) is 0 Å². The van der Waals surface area contributed by atoms with Crippen LogP contribution in [-0.2, 0) is 22.8 Å². The van der Waals surface area contributed by atoms with Gasteiger partial charge in [0.1, 0.15) is 6.10 Å². The minimum Gasteiger partial charge on any atom is -0.377 e. The first-order valence-corrected chi connectivity index (χ1v) is 8.56. The van der Waals surface area contributed by atoms with Crippen molar-refractivity contribution < 1.29 is 22.8 Å². The molecule has 0 N–H and O–H groups in total. The standard InChI is InChI=1S/C12H26O5Si/c1-5-8-18(13-3,14-4)17-7-6-11(2)15-9-12-10-16-12/h11-12H,5-10H2,1-4H3. The second-order valence-electron chi connectivity index (χ2n) is 4.58. The number of hydrogen-bond donors (Lipinski definition) is 0. The van der Waals surface area contributed by atoms with E-state index in [4.69, 9.17) is 22.8 Å². The van der Waals surface area contributed by atoms with Gasteiger partial charge in [-0.25, -0.2) is 0 Å². The van der Waals surface area contributed by atoms with Crippen molar-refractivity contribution in [1.82, 2.24) is 0 Å². The summed E-state index contributed by atoms with van der Waals surface area (Å²) in [4.78, 5) is 0. The van der Waals surface area contributed by atoms with E-state index < -0.39 is 8.80 Å². The van der Waals surface area contributed by atoms with Crippen LogP contribution >= 0.6 is 0 Å². The summed E-state index contributed by atoms with van der Waals surface area (Å²) in [6.07, 6.45) is 2.34. The van der Waals surface area contributed by atoms with E-state index >= 15 is 0 Å². The van der Waals surface area contributed by atoms with Crippen molar-refractivity contribution in [2.45, 2.75) is 44.9 Å². The van der Waals surface area contributed by atoms with Crippen LogP contribution in [-0.4, -0.2) is 55.1 Å². The van der Waals surface area contributed by atoms with Crippen LogP contribution < -0.4 is 0 Å². The smallest absolute Gasteiger partial charge is 0.377 e. The third kappa shape index (κ3) is 5.77. The first kappa shape index (κ1) is 16.1. The monoisotopic (exact) mass is 278 g/mol. The molecule has 1 aliphatic rings. The average molecular weight is 278 g/mol. The molecule has 1 rings (SSSR count). The van der Waals surface area contributed by atoms with Crippen molar-refractivity contribution in [2.24, 2.45) is 0 Å². The largest absolute Gasteiger partial charge is 0.500 e. The summed E-state index contributed by atoms with van der Waals surface area (Å²) < 4.78 is 27.5. The van der Waals surface area contributed by atoms with Crippen molar-refractivity contribution in [2.75, 3.05) is 34.0 Å². The summed E-state index contributed by atoms with van der Waals surface area (Å²) in [5, 5.41) is 0. The number of epoxide rings is 1. The Hall–Kier alpha value is 0.0169. The molecule has 5 nitrogen and oxygen atoms in total. The molecule has 1 fully saturated rings. The normalized spacial score (nSPS) is 21.0. The molecule has 0 aromatic heterocycles. The minimum atomic E-state index is -2.42. The Morgan fingerprint density at radius 2 is 2.00 bits per heavy atom. The first-order valence-electron chi connectivity index (χ1n) is 6.63. The van der Waals surface area contributed by atoms with Crippen molar-refractivity contribution in [1.29, 1.82) is 0 Å². The predicted octanol–water partition coefficient (Wildman–Crippen LogP) is 1.84. The van der Waals surface area contributed by atoms with Gasteiger partial charge in [-0.15, -0.1) is 0 Å². The highest BCUT2D eigenvalue weighted by Crippen LogP contribution is 2.17. The molecule has 0 radical (unpaired) electrons. The molecule has 0 saturated carbocycles. The Morgan fingerprint density at radius 1 is 1.33 bits per heavy atom. The molecule has 0 aliphatic carbocycles. The van der Waals surface area contributed by atoms with E-state index in [-0.39, 0.29) is 6.10 Å². The zero-order valence-corrected chi connectivity index (χ0v) is 12.9. The molecule has 6 heteroatoms. The van der Waals surface area contributed by atoms with Crippen LogP contribution in [0.25, 0.3) is 0 Å². The van der Waals surface area contributed by atoms with E-state index in [2.05, 4.69) is 13.8 Å². The molecule has 2 unspecified atom stereocenters. The molecule has 0 aromatic carbocycles. The minimum absolute atomic E-state index is 0.177. The fraction of sp³-hybridized carbons (Fsp3) is 1.00. The third-order valence-electron chi connectivity index (χ3n) is 2.99. The van der Waals surface area contributed by atoms with Crippen molar-refractivity contribution in [3.05, 3.63) is 0 Å². The summed E-state index contributed by atoms with van der Waals surface area (Å²) in [6.45, 7) is 6.29. The summed E-state index contributed by atoms with van der Waals surface area (Å²) in [6, 6.07) is 0.852. The van der Waals surface area contributed by atoms with Gasteiger partial charge in [-0.05, 0) is 13.3 Å². The van der Waals surface area contributed by atoms with Gasteiger partial charge in [0.05, 0.1) is 19.3 Å². The van der Waals surface area contributed by atoms with Gasteiger partial charge >= 0.3 is 8.80 Å². The Balaban J connectivity index is 2.15. The molecule has 0 spiro atoms. The molecule has 1 saturated heterocycles. The van der Waals surface area contributed by atoms with Crippen LogP contribution in [0.1, 0.15) is 26.7 Å². The average Bonchev–Trinajstić information content (AvgIpc) is 3.19. The maximum Gasteiger partial charge on any atom is 0.500 e. The molecular weight excluding hydrogens is 252 g/mol. The highest BCUT2D eigenvalue weighted by Gasteiger charge is 2.37. The predicted molar refractivity (Wildman–Crippen MR) is 70.6 cm³/mol. The Kier molecular flexibility index (Phi) is 7.36. The summed E-state index contributed by atoms with van der Waals surface area (Å²) in [5.74, 6) is 0. The molecule has 0 amide bonds. The van der Waals surface area contributed by atoms with Crippen LogP contribution in [0.2, 0.25) is 6.04 Å². The fourth-order valence-corrected chi connectivity index (χ4v) is 3.68. The lowest BCUT2D eigenvalue weighted by Gasteiger charge is -2.26. The van der Waals surface area contributed by atoms with Crippen LogP contribution in [0, 0.1) is 0 Å². The highest BCUT2D eigenvalue weighted by atomic mass is 28.4. The summed E-state index contributed by atoms with van der Waals surface area (Å²) in [7, 11) is 0.902. The Morgan fingerprint density at radius 3 is 2.50 bits per heavy atom. The number of ether oxygens (including phenoxy) is 2. The maximum atomic E-state index is 5.84. The van der Waals surface area contributed by atoms with Gasteiger partial charge in [0.2, 0.25) is 0 Å². The molecule has 2 atom stereocenters. The van der Waals surface area contributed by atoms with E-state index in [1.165, 1.54) is 0 Å². The fourth-order valence-electron chi connectivity index (χ4n) is 1.68. The summed E-state index contributed by atoms with van der Waals surface area (Å²) >= 11 is 0. The SMILES string of the molecule is CCC[Si](OC)(OC)OCCC(C)OCC1CO1. The second-order valence-corrected chi connectivity index (χ2v) is 7.55. The van der Waals surface area contributed by atoms with E-state index in [1.54, 1.807) is 14.2 Å². The molecule has 0 bridgehead atoms. The zero-order valence-electron chi connectivity index (χ0n) is 11.9. The number of hydrogen-bond acceptors (Lipinski definition) is 5. The van der Waals surface area contributed by atoms with Gasteiger partial charge < -0.3 is 22.8 Å². The lowest BCUT2D eigenvalue weighted by Crippen LogP contribution is -2.44. The molecule has 18 heavy (non-hydrogen) atoms. The number of rotatable bonds is 11. The van der Waals surface area contributed by atoms with Gasteiger partial charge in [0.15, 0.2) is 0 Å². The highest BCUT2D eigenvalue weighted by molar-refractivity contribution is 6.60. The lowest BCUT2D eigenvalue weighted by atomic mass is 10.3. The Bertz CT molecular complexity index is 219. The molecular formula is C12H26O5Si. The molecule has 0 aromatic rings. The van der Waals surface area contributed by atoms with Crippen LogP contribution in [0.15, 0.2) is 0 Å². The molecule has 1 aliphatic heterocycles. The van der Waals surface area contributed by atoms with Crippen molar-refractivity contribution >= 4 is 8.80 Å². The molecule has 108 valence electrons. The van der Waals surface area contributed by atoms with Gasteiger partial charge in [0.25, 0.3) is 0 Å². The van der Waals surface area contributed by atoms with Gasteiger partial charge in [-0.1, -0.05) is 13.3 Å². The second kappa shape index (κ2) is 8.24. The van der Waals surface area contributed by atoms with E-state index in [9.17, 15) is 0 Å². The van der Waals surface area contributed by atoms with Gasteiger partial charge in [-0.3, -0.25) is 0 Å².